The number of imidazole rings is 1. The first-order valence-electron chi connectivity index (χ1n) is 9.31. The highest BCUT2D eigenvalue weighted by Crippen LogP contribution is 2.19. The van der Waals surface area contributed by atoms with Crippen molar-refractivity contribution < 1.29 is 5.11 Å². The largest absolute Gasteiger partial charge is 0.395 e. The minimum absolute atomic E-state index is 0.257. The maximum Gasteiger partial charge on any atom is 0.124 e. The van der Waals surface area contributed by atoms with Crippen molar-refractivity contribution in [1.29, 1.82) is 0 Å². The Morgan fingerprint density at radius 1 is 1.00 bits per heavy atom. The van der Waals surface area contributed by atoms with Gasteiger partial charge in [0.25, 0.3) is 0 Å². The minimum Gasteiger partial charge on any atom is -0.395 e. The summed E-state index contributed by atoms with van der Waals surface area (Å²) in [6, 6.07) is 8.49. The number of piperazine rings is 1. The van der Waals surface area contributed by atoms with Crippen molar-refractivity contribution >= 4 is 11.0 Å². The average Bonchev–Trinajstić information content (AvgIpc) is 2.95. The molecular formula is C19H30N4O. The molecule has 1 aliphatic rings. The molecule has 1 aromatic heterocycles. The van der Waals surface area contributed by atoms with Gasteiger partial charge in [-0.15, -0.1) is 0 Å². The number of aliphatic hydroxyl groups is 1. The van der Waals surface area contributed by atoms with Crippen molar-refractivity contribution in [2.75, 3.05) is 39.3 Å². The van der Waals surface area contributed by atoms with Crippen LogP contribution < -0.4 is 0 Å². The fourth-order valence-electron chi connectivity index (χ4n) is 3.53. The van der Waals surface area contributed by atoms with E-state index in [0.717, 1.165) is 51.3 Å². The van der Waals surface area contributed by atoms with Crippen molar-refractivity contribution in [3.8, 4) is 0 Å². The summed E-state index contributed by atoms with van der Waals surface area (Å²) in [6.45, 7) is 9.47. The maximum absolute atomic E-state index is 9.07. The smallest absolute Gasteiger partial charge is 0.124 e. The van der Waals surface area contributed by atoms with Crippen LogP contribution in [0.5, 0.6) is 0 Å². The monoisotopic (exact) mass is 330 g/mol. The number of aliphatic hydroxyl groups excluding tert-OH is 1. The normalized spacial score (nSPS) is 16.9. The van der Waals surface area contributed by atoms with Crippen LogP contribution in [0.3, 0.4) is 0 Å². The third-order valence-corrected chi connectivity index (χ3v) is 4.97. The molecular weight excluding hydrogens is 300 g/mol. The molecule has 5 heteroatoms. The summed E-state index contributed by atoms with van der Waals surface area (Å²) in [5.41, 5.74) is 2.38. The predicted molar refractivity (Wildman–Crippen MR) is 98.1 cm³/mol. The van der Waals surface area contributed by atoms with Gasteiger partial charge in [0.2, 0.25) is 0 Å². The summed E-state index contributed by atoms with van der Waals surface area (Å²) >= 11 is 0. The predicted octanol–water partition coefficient (Wildman–Crippen LogP) is 2.34. The number of hydrogen-bond acceptors (Lipinski definition) is 4. The van der Waals surface area contributed by atoms with Crippen molar-refractivity contribution in [2.24, 2.45) is 0 Å². The minimum atomic E-state index is 0.257. The highest BCUT2D eigenvalue weighted by molar-refractivity contribution is 5.75. The molecule has 0 spiro atoms. The van der Waals surface area contributed by atoms with Crippen molar-refractivity contribution in [3.63, 3.8) is 0 Å². The van der Waals surface area contributed by atoms with Gasteiger partial charge in [-0.1, -0.05) is 31.9 Å². The quantitative estimate of drug-likeness (QED) is 0.755. The summed E-state index contributed by atoms with van der Waals surface area (Å²) in [6.07, 6.45) is 3.73. The number of rotatable bonds is 8. The van der Waals surface area contributed by atoms with Gasteiger partial charge in [0.1, 0.15) is 5.82 Å². The first-order valence-corrected chi connectivity index (χ1v) is 9.31. The second-order valence-electron chi connectivity index (χ2n) is 6.72. The van der Waals surface area contributed by atoms with E-state index in [0.29, 0.717) is 0 Å². The van der Waals surface area contributed by atoms with E-state index >= 15 is 0 Å². The Kier molecular flexibility index (Phi) is 6.24. The van der Waals surface area contributed by atoms with Crippen LogP contribution in [-0.2, 0) is 13.1 Å². The molecule has 24 heavy (non-hydrogen) atoms. The van der Waals surface area contributed by atoms with Crippen LogP contribution in [0.4, 0.5) is 0 Å². The zero-order valence-corrected chi connectivity index (χ0v) is 14.8. The van der Waals surface area contributed by atoms with E-state index in [1.54, 1.807) is 0 Å². The van der Waals surface area contributed by atoms with Gasteiger partial charge in [0.05, 0.1) is 24.2 Å². The number of aryl methyl sites for hydroxylation is 1. The lowest BCUT2D eigenvalue weighted by Crippen LogP contribution is -2.46. The topological polar surface area (TPSA) is 44.5 Å². The molecule has 5 nitrogen and oxygen atoms in total. The van der Waals surface area contributed by atoms with Crippen LogP contribution in [0.1, 0.15) is 32.0 Å². The van der Waals surface area contributed by atoms with E-state index in [1.807, 2.05) is 0 Å². The molecule has 1 saturated heterocycles. The average molecular weight is 330 g/mol. The molecule has 0 unspecified atom stereocenters. The standard InChI is InChI=1S/C19H30N4O/c1-2-3-6-9-23-18-8-5-4-7-17(18)20-19(23)16-22-12-10-21(11-13-22)14-15-24/h4-5,7-8,24H,2-3,6,9-16H2,1H3. The van der Waals surface area contributed by atoms with Crippen molar-refractivity contribution in [2.45, 2.75) is 39.3 Å². The lowest BCUT2D eigenvalue weighted by atomic mass is 10.2. The van der Waals surface area contributed by atoms with E-state index in [1.165, 1.54) is 30.6 Å². The Morgan fingerprint density at radius 2 is 1.75 bits per heavy atom. The Hall–Kier alpha value is -1.43. The van der Waals surface area contributed by atoms with Crippen LogP contribution in [0, 0.1) is 0 Å². The van der Waals surface area contributed by atoms with Crippen molar-refractivity contribution in [3.05, 3.63) is 30.1 Å². The van der Waals surface area contributed by atoms with Gasteiger partial charge >= 0.3 is 0 Å². The van der Waals surface area contributed by atoms with Crippen molar-refractivity contribution in [1.82, 2.24) is 19.4 Å². The van der Waals surface area contributed by atoms with Gasteiger partial charge in [-0.3, -0.25) is 9.80 Å². The fourth-order valence-corrected chi connectivity index (χ4v) is 3.53. The highest BCUT2D eigenvalue weighted by atomic mass is 16.3. The molecule has 132 valence electrons. The Balaban J connectivity index is 1.70. The summed E-state index contributed by atoms with van der Waals surface area (Å²) in [7, 11) is 0. The highest BCUT2D eigenvalue weighted by Gasteiger charge is 2.19. The second kappa shape index (κ2) is 8.60. The molecule has 3 rings (SSSR count). The zero-order valence-electron chi connectivity index (χ0n) is 14.8. The molecule has 0 aliphatic carbocycles. The van der Waals surface area contributed by atoms with Crippen LogP contribution in [-0.4, -0.2) is 63.8 Å². The van der Waals surface area contributed by atoms with E-state index < -0.39 is 0 Å². The van der Waals surface area contributed by atoms with Crippen LogP contribution >= 0.6 is 0 Å². The number of nitrogens with zero attached hydrogens (tertiary/aromatic N) is 4. The van der Waals surface area contributed by atoms with Gasteiger partial charge in [-0.05, 0) is 18.6 Å². The Bertz CT molecular complexity index is 631. The molecule has 2 heterocycles. The van der Waals surface area contributed by atoms with Gasteiger partial charge in [0.15, 0.2) is 0 Å². The first-order chi connectivity index (χ1) is 11.8. The Morgan fingerprint density at radius 3 is 2.50 bits per heavy atom. The number of aromatic nitrogens is 2. The summed E-state index contributed by atoms with van der Waals surface area (Å²) < 4.78 is 2.42. The third kappa shape index (κ3) is 4.15. The molecule has 1 N–H and O–H groups in total. The molecule has 2 aromatic rings. The van der Waals surface area contributed by atoms with Gasteiger partial charge < -0.3 is 9.67 Å². The zero-order chi connectivity index (χ0) is 16.8. The second-order valence-corrected chi connectivity index (χ2v) is 6.72. The number of hydrogen-bond donors (Lipinski definition) is 1. The number of para-hydroxylation sites is 2. The SMILES string of the molecule is CCCCCn1c(CN2CCN(CCO)CC2)nc2ccccc21. The maximum atomic E-state index is 9.07. The third-order valence-electron chi connectivity index (χ3n) is 4.97. The van der Waals surface area contributed by atoms with E-state index in [4.69, 9.17) is 10.1 Å². The van der Waals surface area contributed by atoms with E-state index in [2.05, 4.69) is 45.6 Å². The van der Waals surface area contributed by atoms with Crippen LogP contribution in [0.2, 0.25) is 0 Å². The van der Waals surface area contributed by atoms with Gasteiger partial charge in [-0.2, -0.15) is 0 Å². The van der Waals surface area contributed by atoms with E-state index in [9.17, 15) is 0 Å². The Labute approximate surface area is 144 Å². The molecule has 0 saturated carbocycles. The van der Waals surface area contributed by atoms with Gasteiger partial charge in [-0.25, -0.2) is 4.98 Å². The molecule has 1 aromatic carbocycles. The first kappa shape index (κ1) is 17.4. The number of fused-ring (bicyclic) bond motifs is 1. The summed E-state index contributed by atoms with van der Waals surface area (Å²) in [5, 5.41) is 9.07. The van der Waals surface area contributed by atoms with Crippen LogP contribution in [0.15, 0.2) is 24.3 Å². The number of unbranched alkanes of at least 4 members (excludes halogenated alkanes) is 2. The fraction of sp³-hybridized carbons (Fsp3) is 0.632. The van der Waals surface area contributed by atoms with E-state index in [-0.39, 0.29) is 6.61 Å². The molecule has 0 atom stereocenters. The molecule has 0 amide bonds. The van der Waals surface area contributed by atoms with Gasteiger partial charge in [0, 0.05) is 39.3 Å². The number of β-amino-alcohol motifs (C(OH)–C–C–N with tert-alkyl or cyclic N) is 1. The molecule has 1 aliphatic heterocycles. The molecule has 1 fully saturated rings. The molecule has 0 radical (unpaired) electrons. The van der Waals surface area contributed by atoms with Crippen LogP contribution in [0.25, 0.3) is 11.0 Å². The molecule has 0 bridgehead atoms. The summed E-state index contributed by atoms with van der Waals surface area (Å²) in [5.74, 6) is 1.20. The summed E-state index contributed by atoms with van der Waals surface area (Å²) in [4.78, 5) is 9.73. The number of benzene rings is 1. The lowest BCUT2D eigenvalue weighted by Gasteiger charge is -2.34. The lowest BCUT2D eigenvalue weighted by molar-refractivity contribution is 0.106.